The van der Waals surface area contributed by atoms with E-state index in [4.69, 9.17) is 0 Å². The van der Waals surface area contributed by atoms with Gasteiger partial charge in [0.1, 0.15) is 5.69 Å². The Morgan fingerprint density at radius 2 is 1.28 bits per heavy atom. The molecule has 0 aliphatic carbocycles. The van der Waals surface area contributed by atoms with Gasteiger partial charge in [-0.2, -0.15) is 0 Å². The first kappa shape index (κ1) is 12.5. The number of quaternary nitrogens is 1. The van der Waals surface area contributed by atoms with Gasteiger partial charge >= 0.3 is 0 Å². The summed E-state index contributed by atoms with van der Waals surface area (Å²) >= 11 is 0. The van der Waals surface area contributed by atoms with E-state index in [1.54, 1.807) is 0 Å². The van der Waals surface area contributed by atoms with Gasteiger partial charge in [0.05, 0.1) is 21.1 Å². The number of hydrogen-bond acceptors (Lipinski definition) is 1. The zero-order valence-corrected chi connectivity index (χ0v) is 11.1. The SMILES string of the molecule is C[N+](C)(C)c1ccc(C(=O)c2ccccc2)cc1. The van der Waals surface area contributed by atoms with Crippen LogP contribution in [0.3, 0.4) is 0 Å². The fraction of sp³-hybridized carbons (Fsp3) is 0.188. The lowest BCUT2D eigenvalue weighted by Crippen LogP contribution is -2.34. The largest absolute Gasteiger partial charge is 0.298 e. The van der Waals surface area contributed by atoms with Gasteiger partial charge in [0.2, 0.25) is 0 Å². The molecule has 0 aromatic heterocycles. The smallest absolute Gasteiger partial charge is 0.193 e. The minimum Gasteiger partial charge on any atom is -0.298 e. The van der Waals surface area contributed by atoms with Crippen molar-refractivity contribution in [2.75, 3.05) is 21.1 Å². The molecule has 0 bridgehead atoms. The van der Waals surface area contributed by atoms with Crippen molar-refractivity contribution >= 4 is 11.5 Å². The molecule has 2 aromatic carbocycles. The summed E-state index contributed by atoms with van der Waals surface area (Å²) in [6.45, 7) is 0. The average molecular weight is 240 g/mol. The molecule has 0 saturated heterocycles. The molecule has 0 aliphatic rings. The molecule has 0 aliphatic heterocycles. The Hall–Kier alpha value is -1.93. The van der Waals surface area contributed by atoms with Gasteiger partial charge < -0.3 is 0 Å². The molecule has 0 spiro atoms. The second-order valence-corrected chi connectivity index (χ2v) is 5.25. The summed E-state index contributed by atoms with van der Waals surface area (Å²) in [6, 6.07) is 17.2. The van der Waals surface area contributed by atoms with E-state index in [0.717, 1.165) is 15.6 Å². The Kier molecular flexibility index (Phi) is 3.30. The maximum absolute atomic E-state index is 12.2. The number of carbonyl (C=O) groups excluding carboxylic acids is 1. The van der Waals surface area contributed by atoms with Crippen LogP contribution in [0.4, 0.5) is 5.69 Å². The fourth-order valence-electron chi connectivity index (χ4n) is 1.82. The van der Waals surface area contributed by atoms with E-state index in [1.165, 1.54) is 5.69 Å². The highest BCUT2D eigenvalue weighted by molar-refractivity contribution is 6.09. The number of hydrogen-bond donors (Lipinski definition) is 0. The van der Waals surface area contributed by atoms with Gasteiger partial charge in [-0.05, 0) is 24.3 Å². The first-order chi connectivity index (χ1) is 8.48. The highest BCUT2D eigenvalue weighted by Crippen LogP contribution is 2.18. The first-order valence-electron chi connectivity index (χ1n) is 6.00. The third-order valence-corrected chi connectivity index (χ3v) is 2.94. The van der Waals surface area contributed by atoms with Crippen LogP contribution in [0, 0.1) is 0 Å². The lowest BCUT2D eigenvalue weighted by Gasteiger charge is -2.23. The first-order valence-corrected chi connectivity index (χ1v) is 6.00. The van der Waals surface area contributed by atoms with E-state index in [0.29, 0.717) is 0 Å². The van der Waals surface area contributed by atoms with Crippen LogP contribution in [0.1, 0.15) is 15.9 Å². The third-order valence-electron chi connectivity index (χ3n) is 2.94. The monoisotopic (exact) mass is 240 g/mol. The van der Waals surface area contributed by atoms with Crippen molar-refractivity contribution < 1.29 is 4.79 Å². The van der Waals surface area contributed by atoms with Crippen molar-refractivity contribution in [3.8, 4) is 0 Å². The standard InChI is InChI=1S/C16H18NO/c1-17(2,3)15-11-9-14(10-12-15)16(18)13-7-5-4-6-8-13/h4-12H,1-3H3/q+1. The van der Waals surface area contributed by atoms with Crippen molar-refractivity contribution in [3.05, 3.63) is 65.7 Å². The van der Waals surface area contributed by atoms with Crippen molar-refractivity contribution in [3.63, 3.8) is 0 Å². The zero-order chi connectivity index (χ0) is 13.2. The maximum atomic E-state index is 12.2. The second-order valence-electron chi connectivity index (χ2n) is 5.25. The van der Waals surface area contributed by atoms with Gasteiger partial charge in [-0.1, -0.05) is 30.3 Å². The van der Waals surface area contributed by atoms with Crippen LogP contribution < -0.4 is 4.48 Å². The van der Waals surface area contributed by atoms with Crippen LogP contribution in [-0.4, -0.2) is 26.9 Å². The van der Waals surface area contributed by atoms with E-state index < -0.39 is 0 Å². The Labute approximate surface area is 108 Å². The van der Waals surface area contributed by atoms with Crippen LogP contribution >= 0.6 is 0 Å². The van der Waals surface area contributed by atoms with Crippen LogP contribution in [0.5, 0.6) is 0 Å². The summed E-state index contributed by atoms with van der Waals surface area (Å²) in [7, 11) is 6.32. The van der Waals surface area contributed by atoms with Gasteiger partial charge in [-0.25, -0.2) is 0 Å². The molecule has 0 atom stereocenters. The fourth-order valence-corrected chi connectivity index (χ4v) is 1.82. The summed E-state index contributed by atoms with van der Waals surface area (Å²) < 4.78 is 0.750. The number of carbonyl (C=O) groups is 1. The number of ketones is 1. The number of benzene rings is 2. The topological polar surface area (TPSA) is 17.1 Å². The summed E-state index contributed by atoms with van der Waals surface area (Å²) in [5, 5.41) is 0. The molecule has 2 nitrogen and oxygen atoms in total. The Morgan fingerprint density at radius 3 is 1.78 bits per heavy atom. The molecule has 0 amide bonds. The molecule has 2 heteroatoms. The molecule has 0 unspecified atom stereocenters. The molecule has 2 rings (SSSR count). The van der Waals surface area contributed by atoms with Crippen LogP contribution in [0.15, 0.2) is 54.6 Å². The molecule has 18 heavy (non-hydrogen) atoms. The molecule has 0 radical (unpaired) electrons. The zero-order valence-electron chi connectivity index (χ0n) is 11.1. The molecule has 0 saturated carbocycles. The molecule has 2 aromatic rings. The van der Waals surface area contributed by atoms with E-state index in [-0.39, 0.29) is 5.78 Å². The summed E-state index contributed by atoms with van der Waals surface area (Å²) in [5.41, 5.74) is 2.65. The lowest BCUT2D eigenvalue weighted by molar-refractivity contribution is 0.103. The van der Waals surface area contributed by atoms with Gasteiger partial charge in [0.25, 0.3) is 0 Å². The van der Waals surface area contributed by atoms with E-state index in [2.05, 4.69) is 21.1 Å². The summed E-state index contributed by atoms with van der Waals surface area (Å²) in [6.07, 6.45) is 0. The molecule has 0 heterocycles. The normalized spacial score (nSPS) is 11.3. The van der Waals surface area contributed by atoms with E-state index in [9.17, 15) is 4.79 Å². The summed E-state index contributed by atoms with van der Waals surface area (Å²) in [4.78, 5) is 12.2. The third kappa shape index (κ3) is 2.66. The van der Waals surface area contributed by atoms with Gasteiger partial charge in [-0.15, -0.1) is 0 Å². The van der Waals surface area contributed by atoms with Gasteiger partial charge in [-0.3, -0.25) is 9.28 Å². The Bertz CT molecular complexity index is 536. The van der Waals surface area contributed by atoms with Crippen molar-refractivity contribution in [2.45, 2.75) is 0 Å². The number of nitrogens with zero attached hydrogens (tertiary/aromatic N) is 1. The number of rotatable bonds is 3. The van der Waals surface area contributed by atoms with Crippen LogP contribution in [0.25, 0.3) is 0 Å². The minimum absolute atomic E-state index is 0.0727. The molecule has 92 valence electrons. The average Bonchev–Trinajstić information content (AvgIpc) is 2.38. The highest BCUT2D eigenvalue weighted by atomic mass is 16.1. The molecule has 0 fully saturated rings. The van der Waals surface area contributed by atoms with Crippen molar-refractivity contribution in [1.29, 1.82) is 0 Å². The summed E-state index contributed by atoms with van der Waals surface area (Å²) in [5.74, 6) is 0.0727. The molecular formula is C16H18NO+. The lowest BCUT2D eigenvalue weighted by atomic mass is 10.0. The quantitative estimate of drug-likeness (QED) is 0.595. The Morgan fingerprint density at radius 1 is 0.778 bits per heavy atom. The van der Waals surface area contributed by atoms with Gasteiger partial charge in [0.15, 0.2) is 5.78 Å². The van der Waals surface area contributed by atoms with Gasteiger partial charge in [0, 0.05) is 11.1 Å². The predicted molar refractivity (Wildman–Crippen MR) is 75.9 cm³/mol. The van der Waals surface area contributed by atoms with Crippen LogP contribution in [0.2, 0.25) is 0 Å². The minimum atomic E-state index is 0.0727. The maximum Gasteiger partial charge on any atom is 0.193 e. The van der Waals surface area contributed by atoms with E-state index in [1.807, 2.05) is 54.6 Å². The molecule has 0 N–H and O–H groups in total. The van der Waals surface area contributed by atoms with Crippen molar-refractivity contribution in [1.82, 2.24) is 4.48 Å². The van der Waals surface area contributed by atoms with Crippen molar-refractivity contribution in [2.24, 2.45) is 0 Å². The van der Waals surface area contributed by atoms with E-state index >= 15 is 0 Å². The predicted octanol–water partition coefficient (Wildman–Crippen LogP) is 3.11. The second kappa shape index (κ2) is 4.75. The molecular weight excluding hydrogens is 222 g/mol. The Balaban J connectivity index is 2.28. The highest BCUT2D eigenvalue weighted by Gasteiger charge is 2.13. The van der Waals surface area contributed by atoms with Crippen LogP contribution in [-0.2, 0) is 0 Å².